The van der Waals surface area contributed by atoms with Crippen LogP contribution in [0.15, 0.2) is 41.3 Å². The van der Waals surface area contributed by atoms with Crippen molar-refractivity contribution in [3.8, 4) is 11.5 Å². The number of benzene rings is 2. The van der Waals surface area contributed by atoms with E-state index in [1.807, 2.05) is 43.5 Å². The number of rotatable bonds is 5. The number of halogens is 1. The summed E-state index contributed by atoms with van der Waals surface area (Å²) in [6, 6.07) is 11.3. The highest BCUT2D eigenvalue weighted by Gasteiger charge is 2.19. The lowest BCUT2D eigenvalue weighted by molar-refractivity contribution is 0.0752. The SMILES string of the molecule is CCN(Cc1ccc2c(c1)OCCO2)C(=O)c1cc(SC)ccc1Cl. The van der Waals surface area contributed by atoms with E-state index < -0.39 is 0 Å². The quantitative estimate of drug-likeness (QED) is 0.719. The number of hydrogen-bond acceptors (Lipinski definition) is 4. The predicted octanol–water partition coefficient (Wildman–Crippen LogP) is 4.50. The Hall–Kier alpha value is -1.85. The van der Waals surface area contributed by atoms with E-state index in [4.69, 9.17) is 21.1 Å². The Bertz CT molecular complexity index is 781. The summed E-state index contributed by atoms with van der Waals surface area (Å²) in [4.78, 5) is 15.7. The molecule has 4 nitrogen and oxygen atoms in total. The molecule has 1 aliphatic heterocycles. The molecular weight excluding hydrogens is 358 g/mol. The van der Waals surface area contributed by atoms with Gasteiger partial charge in [-0.25, -0.2) is 0 Å². The first-order chi connectivity index (χ1) is 12.1. The highest BCUT2D eigenvalue weighted by atomic mass is 35.5. The number of thioether (sulfide) groups is 1. The monoisotopic (exact) mass is 377 g/mol. The van der Waals surface area contributed by atoms with Crippen molar-refractivity contribution in [1.82, 2.24) is 4.90 Å². The summed E-state index contributed by atoms with van der Waals surface area (Å²) in [5.41, 5.74) is 1.53. The molecule has 3 rings (SSSR count). The van der Waals surface area contributed by atoms with Crippen molar-refractivity contribution in [1.29, 1.82) is 0 Å². The second-order valence-electron chi connectivity index (χ2n) is 5.64. The van der Waals surface area contributed by atoms with Gasteiger partial charge in [0.1, 0.15) is 13.2 Å². The minimum absolute atomic E-state index is 0.0710. The minimum Gasteiger partial charge on any atom is -0.486 e. The van der Waals surface area contributed by atoms with Crippen LogP contribution in [0.1, 0.15) is 22.8 Å². The first-order valence-corrected chi connectivity index (χ1v) is 9.74. The zero-order valence-corrected chi connectivity index (χ0v) is 15.8. The number of carbonyl (C=O) groups excluding carboxylic acids is 1. The summed E-state index contributed by atoms with van der Waals surface area (Å²) in [6.45, 7) is 4.15. The van der Waals surface area contributed by atoms with Crippen molar-refractivity contribution >= 4 is 29.3 Å². The average molecular weight is 378 g/mol. The smallest absolute Gasteiger partial charge is 0.255 e. The summed E-state index contributed by atoms with van der Waals surface area (Å²) in [5, 5.41) is 0.475. The molecule has 0 fully saturated rings. The van der Waals surface area contributed by atoms with Gasteiger partial charge in [0.25, 0.3) is 5.91 Å². The summed E-state index contributed by atoms with van der Waals surface area (Å²) in [5.74, 6) is 1.41. The molecule has 0 unspecified atom stereocenters. The minimum atomic E-state index is -0.0710. The molecule has 0 aromatic heterocycles. The number of fused-ring (bicyclic) bond motifs is 1. The number of hydrogen-bond donors (Lipinski definition) is 0. The highest BCUT2D eigenvalue weighted by molar-refractivity contribution is 7.98. The second kappa shape index (κ2) is 8.02. The third-order valence-corrected chi connectivity index (χ3v) is 5.11. The molecule has 0 atom stereocenters. The van der Waals surface area contributed by atoms with Crippen molar-refractivity contribution in [2.75, 3.05) is 26.0 Å². The third kappa shape index (κ3) is 4.05. The summed E-state index contributed by atoms with van der Waals surface area (Å²) in [7, 11) is 0. The third-order valence-electron chi connectivity index (χ3n) is 4.05. The maximum absolute atomic E-state index is 12.9. The number of ether oxygens (including phenoxy) is 2. The van der Waals surface area contributed by atoms with Crippen molar-refractivity contribution in [2.24, 2.45) is 0 Å². The maximum atomic E-state index is 12.9. The van der Waals surface area contributed by atoms with Crippen LogP contribution in [0.3, 0.4) is 0 Å². The molecule has 1 aliphatic rings. The lowest BCUT2D eigenvalue weighted by Gasteiger charge is -2.23. The molecule has 132 valence electrons. The molecule has 0 saturated heterocycles. The molecule has 1 amide bonds. The predicted molar refractivity (Wildman–Crippen MR) is 101 cm³/mol. The Kier molecular flexibility index (Phi) is 5.76. The van der Waals surface area contributed by atoms with Gasteiger partial charge in [-0.1, -0.05) is 17.7 Å². The van der Waals surface area contributed by atoms with Crippen LogP contribution in [0.5, 0.6) is 11.5 Å². The number of amides is 1. The molecule has 0 spiro atoms. The Morgan fingerprint density at radius 1 is 1.16 bits per heavy atom. The van der Waals surface area contributed by atoms with Crippen LogP contribution < -0.4 is 9.47 Å². The Morgan fingerprint density at radius 3 is 2.64 bits per heavy atom. The zero-order valence-electron chi connectivity index (χ0n) is 14.3. The molecule has 0 N–H and O–H groups in total. The van der Waals surface area contributed by atoms with Gasteiger partial charge in [0.2, 0.25) is 0 Å². The lowest BCUT2D eigenvalue weighted by atomic mass is 10.1. The van der Waals surface area contributed by atoms with Crippen molar-refractivity contribution in [3.63, 3.8) is 0 Å². The first-order valence-electron chi connectivity index (χ1n) is 8.13. The van der Waals surface area contributed by atoms with Crippen molar-refractivity contribution < 1.29 is 14.3 Å². The molecule has 0 radical (unpaired) electrons. The van der Waals surface area contributed by atoms with Gasteiger partial charge in [0, 0.05) is 18.0 Å². The second-order valence-corrected chi connectivity index (χ2v) is 6.93. The molecular formula is C19H20ClNO3S. The van der Waals surface area contributed by atoms with E-state index in [2.05, 4.69) is 0 Å². The van der Waals surface area contributed by atoms with Gasteiger partial charge in [-0.15, -0.1) is 11.8 Å². The largest absolute Gasteiger partial charge is 0.486 e. The molecule has 25 heavy (non-hydrogen) atoms. The van der Waals surface area contributed by atoms with Crippen LogP contribution in [0.25, 0.3) is 0 Å². The van der Waals surface area contributed by atoms with Gasteiger partial charge < -0.3 is 14.4 Å². The van der Waals surface area contributed by atoms with Crippen LogP contribution in [-0.4, -0.2) is 36.8 Å². The summed E-state index contributed by atoms with van der Waals surface area (Å²) >= 11 is 7.84. The van der Waals surface area contributed by atoms with Crippen LogP contribution >= 0.6 is 23.4 Å². The van der Waals surface area contributed by atoms with E-state index in [0.717, 1.165) is 22.0 Å². The molecule has 2 aromatic rings. The standard InChI is InChI=1S/C19H20ClNO3S/c1-3-21(19(22)15-11-14(25-2)5-6-16(15)20)12-13-4-7-17-18(10-13)24-9-8-23-17/h4-7,10-11H,3,8-9,12H2,1-2H3. The van der Waals surface area contributed by atoms with E-state index in [1.165, 1.54) is 0 Å². The Balaban J connectivity index is 1.81. The van der Waals surface area contributed by atoms with E-state index >= 15 is 0 Å². The Labute approximate surface area is 157 Å². The van der Waals surface area contributed by atoms with E-state index in [-0.39, 0.29) is 5.91 Å². The summed E-state index contributed by atoms with van der Waals surface area (Å²) in [6.07, 6.45) is 1.98. The van der Waals surface area contributed by atoms with Crippen molar-refractivity contribution in [3.05, 3.63) is 52.5 Å². The number of nitrogens with zero attached hydrogens (tertiary/aromatic N) is 1. The fraction of sp³-hybridized carbons (Fsp3) is 0.316. The molecule has 0 aliphatic carbocycles. The van der Waals surface area contributed by atoms with Gasteiger partial charge in [-0.05, 0) is 49.1 Å². The first kappa shape index (κ1) is 18.0. The fourth-order valence-electron chi connectivity index (χ4n) is 2.70. The normalized spacial score (nSPS) is 12.8. The maximum Gasteiger partial charge on any atom is 0.255 e. The zero-order chi connectivity index (χ0) is 17.8. The average Bonchev–Trinajstić information content (AvgIpc) is 2.66. The van der Waals surface area contributed by atoms with E-state index in [9.17, 15) is 4.79 Å². The lowest BCUT2D eigenvalue weighted by Crippen LogP contribution is -2.30. The highest BCUT2D eigenvalue weighted by Crippen LogP contribution is 2.31. The van der Waals surface area contributed by atoms with Gasteiger partial charge in [-0.3, -0.25) is 4.79 Å². The van der Waals surface area contributed by atoms with Crippen LogP contribution in [0.4, 0.5) is 0 Å². The topological polar surface area (TPSA) is 38.8 Å². The molecule has 1 heterocycles. The van der Waals surface area contributed by atoms with Gasteiger partial charge in [-0.2, -0.15) is 0 Å². The van der Waals surface area contributed by atoms with Crippen LogP contribution in [0.2, 0.25) is 5.02 Å². The van der Waals surface area contributed by atoms with Gasteiger partial charge in [0.05, 0.1) is 10.6 Å². The number of carbonyl (C=O) groups is 1. The van der Waals surface area contributed by atoms with E-state index in [1.54, 1.807) is 22.7 Å². The molecule has 0 saturated carbocycles. The van der Waals surface area contributed by atoms with Gasteiger partial charge in [0.15, 0.2) is 11.5 Å². The van der Waals surface area contributed by atoms with E-state index in [0.29, 0.717) is 36.9 Å². The Morgan fingerprint density at radius 2 is 1.92 bits per heavy atom. The van der Waals surface area contributed by atoms with Crippen LogP contribution in [0, 0.1) is 0 Å². The summed E-state index contributed by atoms with van der Waals surface area (Å²) < 4.78 is 11.2. The molecule has 2 aromatic carbocycles. The van der Waals surface area contributed by atoms with Crippen molar-refractivity contribution in [2.45, 2.75) is 18.4 Å². The molecule has 6 heteroatoms. The van der Waals surface area contributed by atoms with Gasteiger partial charge >= 0.3 is 0 Å². The van der Waals surface area contributed by atoms with Crippen LogP contribution in [-0.2, 0) is 6.54 Å². The fourth-order valence-corrected chi connectivity index (χ4v) is 3.34. The molecule has 0 bridgehead atoms.